The molecule has 1 fully saturated rings. The number of nitrogens with zero attached hydrogens (tertiary/aromatic N) is 1. The first-order chi connectivity index (χ1) is 8.67. The number of hydrazine groups is 1. The molecule has 2 rings (SSSR count). The van der Waals surface area contributed by atoms with Crippen LogP contribution in [0.15, 0.2) is 29.3 Å². The van der Waals surface area contributed by atoms with Crippen molar-refractivity contribution in [1.82, 2.24) is 5.43 Å². The molecule has 18 heavy (non-hydrogen) atoms. The molecule has 6 nitrogen and oxygen atoms in total. The van der Waals surface area contributed by atoms with Crippen LogP contribution in [0.5, 0.6) is 0 Å². The third kappa shape index (κ3) is 3.74. The summed E-state index contributed by atoms with van der Waals surface area (Å²) in [4.78, 5) is 15.3. The summed E-state index contributed by atoms with van der Waals surface area (Å²) in [6, 6.07) is 7.74. The molecule has 6 heteroatoms. The van der Waals surface area contributed by atoms with Crippen molar-refractivity contribution in [3.63, 3.8) is 0 Å². The molecule has 96 valence electrons. The maximum absolute atomic E-state index is 11.0. The SMILES string of the molecule is CC(=O)Nc1cccc(NC(=NC2CC2)NN)c1. The van der Waals surface area contributed by atoms with E-state index in [0.717, 1.165) is 24.2 Å². The summed E-state index contributed by atoms with van der Waals surface area (Å²) in [6.07, 6.45) is 2.22. The van der Waals surface area contributed by atoms with Crippen molar-refractivity contribution >= 4 is 23.2 Å². The summed E-state index contributed by atoms with van der Waals surface area (Å²) >= 11 is 0. The third-order valence-electron chi connectivity index (χ3n) is 2.44. The lowest BCUT2D eigenvalue weighted by molar-refractivity contribution is -0.114. The van der Waals surface area contributed by atoms with E-state index in [1.165, 1.54) is 6.92 Å². The number of aliphatic imine (C=N–C) groups is 1. The number of nitrogens with one attached hydrogen (secondary N) is 3. The minimum atomic E-state index is -0.101. The van der Waals surface area contributed by atoms with Crippen LogP contribution in [-0.2, 0) is 4.79 Å². The van der Waals surface area contributed by atoms with E-state index in [2.05, 4.69) is 21.1 Å². The lowest BCUT2D eigenvalue weighted by Crippen LogP contribution is -2.36. The molecule has 0 unspecified atom stereocenters. The van der Waals surface area contributed by atoms with E-state index in [0.29, 0.717) is 12.0 Å². The number of nitrogens with two attached hydrogens (primary N) is 1. The molecule has 1 aromatic rings. The molecule has 1 aliphatic carbocycles. The zero-order chi connectivity index (χ0) is 13.0. The van der Waals surface area contributed by atoms with E-state index < -0.39 is 0 Å². The summed E-state index contributed by atoms with van der Waals surface area (Å²) in [5.74, 6) is 5.84. The van der Waals surface area contributed by atoms with E-state index in [9.17, 15) is 4.79 Å². The Morgan fingerprint density at radius 3 is 2.56 bits per heavy atom. The Bertz CT molecular complexity index is 467. The molecule has 0 aliphatic heterocycles. The van der Waals surface area contributed by atoms with Gasteiger partial charge in [0.2, 0.25) is 11.9 Å². The summed E-state index contributed by atoms with van der Waals surface area (Å²) < 4.78 is 0. The Hall–Kier alpha value is -2.08. The molecule has 5 N–H and O–H groups in total. The number of carbonyl (C=O) groups is 1. The zero-order valence-corrected chi connectivity index (χ0v) is 10.2. The van der Waals surface area contributed by atoms with Gasteiger partial charge in [-0.3, -0.25) is 10.2 Å². The largest absolute Gasteiger partial charge is 0.326 e. The van der Waals surface area contributed by atoms with Gasteiger partial charge in [-0.15, -0.1) is 0 Å². The van der Waals surface area contributed by atoms with Gasteiger partial charge in [-0.05, 0) is 31.0 Å². The molecule has 0 spiro atoms. The summed E-state index contributed by atoms with van der Waals surface area (Å²) in [5, 5.41) is 5.80. The predicted molar refractivity (Wildman–Crippen MR) is 72.1 cm³/mol. The van der Waals surface area contributed by atoms with Crippen molar-refractivity contribution in [3.05, 3.63) is 24.3 Å². The van der Waals surface area contributed by atoms with Gasteiger partial charge in [-0.25, -0.2) is 10.8 Å². The van der Waals surface area contributed by atoms with Crippen LogP contribution in [-0.4, -0.2) is 17.9 Å². The number of carbonyl (C=O) groups excluding carboxylic acids is 1. The molecular formula is C12H17N5O. The molecule has 0 bridgehead atoms. The Kier molecular flexibility index (Phi) is 3.78. The number of amides is 1. The van der Waals surface area contributed by atoms with Crippen molar-refractivity contribution < 1.29 is 4.79 Å². The highest BCUT2D eigenvalue weighted by atomic mass is 16.1. The van der Waals surface area contributed by atoms with Gasteiger partial charge in [-0.2, -0.15) is 0 Å². The quantitative estimate of drug-likeness (QED) is 0.278. The van der Waals surface area contributed by atoms with Crippen LogP contribution in [0.2, 0.25) is 0 Å². The fourth-order valence-electron chi connectivity index (χ4n) is 1.51. The summed E-state index contributed by atoms with van der Waals surface area (Å²) in [6.45, 7) is 1.47. The fraction of sp³-hybridized carbons (Fsp3) is 0.333. The number of hydrogen-bond acceptors (Lipinski definition) is 3. The lowest BCUT2D eigenvalue weighted by Gasteiger charge is -2.10. The van der Waals surface area contributed by atoms with Crippen molar-refractivity contribution in [2.45, 2.75) is 25.8 Å². The molecule has 0 aromatic heterocycles. The molecule has 0 radical (unpaired) electrons. The van der Waals surface area contributed by atoms with Crippen molar-refractivity contribution in [1.29, 1.82) is 0 Å². The zero-order valence-electron chi connectivity index (χ0n) is 10.2. The molecule has 1 saturated carbocycles. The second-order valence-corrected chi connectivity index (χ2v) is 4.24. The first kappa shape index (κ1) is 12.4. The Morgan fingerprint density at radius 2 is 2.00 bits per heavy atom. The number of anilines is 2. The normalized spacial score (nSPS) is 15.1. The molecular weight excluding hydrogens is 230 g/mol. The van der Waals surface area contributed by atoms with Crippen LogP contribution in [0.3, 0.4) is 0 Å². The third-order valence-corrected chi connectivity index (χ3v) is 2.44. The van der Waals surface area contributed by atoms with Crippen LogP contribution in [0.4, 0.5) is 11.4 Å². The Morgan fingerprint density at radius 1 is 1.33 bits per heavy atom. The van der Waals surface area contributed by atoms with Gasteiger partial charge in [0.25, 0.3) is 0 Å². The maximum atomic E-state index is 11.0. The van der Waals surface area contributed by atoms with E-state index in [1.807, 2.05) is 24.3 Å². The number of benzene rings is 1. The first-order valence-electron chi connectivity index (χ1n) is 5.86. The maximum Gasteiger partial charge on any atom is 0.221 e. The standard InChI is InChI=1S/C12H17N5O/c1-8(18)14-10-3-2-4-11(7-10)16-12(17-13)15-9-5-6-9/h2-4,7,9H,5-6,13H2,1H3,(H,14,18)(H2,15,16,17). The van der Waals surface area contributed by atoms with Crippen molar-refractivity contribution in [3.8, 4) is 0 Å². The average molecular weight is 247 g/mol. The van der Waals surface area contributed by atoms with Gasteiger partial charge < -0.3 is 10.6 Å². The van der Waals surface area contributed by atoms with E-state index in [4.69, 9.17) is 5.84 Å². The molecule has 0 atom stereocenters. The van der Waals surface area contributed by atoms with Gasteiger partial charge in [0.05, 0.1) is 6.04 Å². The minimum Gasteiger partial charge on any atom is -0.326 e. The van der Waals surface area contributed by atoms with Crippen LogP contribution in [0.25, 0.3) is 0 Å². The molecule has 1 amide bonds. The molecule has 0 heterocycles. The van der Waals surface area contributed by atoms with Gasteiger partial charge in [0.15, 0.2) is 0 Å². The van der Waals surface area contributed by atoms with Crippen LogP contribution in [0.1, 0.15) is 19.8 Å². The number of rotatable bonds is 3. The lowest BCUT2D eigenvalue weighted by atomic mass is 10.3. The van der Waals surface area contributed by atoms with Gasteiger partial charge >= 0.3 is 0 Å². The first-order valence-corrected chi connectivity index (χ1v) is 5.86. The second-order valence-electron chi connectivity index (χ2n) is 4.24. The Balaban J connectivity index is 2.05. The van der Waals surface area contributed by atoms with Crippen LogP contribution in [0, 0.1) is 0 Å². The highest BCUT2D eigenvalue weighted by Crippen LogP contribution is 2.23. The van der Waals surface area contributed by atoms with E-state index >= 15 is 0 Å². The highest BCUT2D eigenvalue weighted by Gasteiger charge is 2.20. The summed E-state index contributed by atoms with van der Waals surface area (Å²) in [7, 11) is 0. The predicted octanol–water partition coefficient (Wildman–Crippen LogP) is 1.04. The van der Waals surface area contributed by atoms with Crippen molar-refractivity contribution in [2.75, 3.05) is 10.6 Å². The van der Waals surface area contributed by atoms with Gasteiger partial charge in [-0.1, -0.05) is 6.07 Å². The average Bonchev–Trinajstić information content (AvgIpc) is 3.11. The number of guanidine groups is 1. The molecule has 0 saturated heterocycles. The highest BCUT2D eigenvalue weighted by molar-refractivity contribution is 5.95. The second kappa shape index (κ2) is 5.50. The van der Waals surface area contributed by atoms with E-state index in [-0.39, 0.29) is 5.91 Å². The number of hydrogen-bond donors (Lipinski definition) is 4. The monoisotopic (exact) mass is 247 g/mol. The van der Waals surface area contributed by atoms with Crippen LogP contribution < -0.4 is 21.9 Å². The molecule has 1 aliphatic rings. The minimum absolute atomic E-state index is 0.101. The molecule has 1 aromatic carbocycles. The topological polar surface area (TPSA) is 91.5 Å². The Labute approximate surface area is 106 Å². The van der Waals surface area contributed by atoms with Gasteiger partial charge in [0.1, 0.15) is 0 Å². The van der Waals surface area contributed by atoms with Crippen molar-refractivity contribution in [2.24, 2.45) is 10.8 Å². The fourth-order valence-corrected chi connectivity index (χ4v) is 1.51. The van der Waals surface area contributed by atoms with E-state index in [1.54, 1.807) is 0 Å². The van der Waals surface area contributed by atoms with Crippen LogP contribution >= 0.6 is 0 Å². The summed E-state index contributed by atoms with van der Waals surface area (Å²) in [5.41, 5.74) is 4.08. The van der Waals surface area contributed by atoms with Gasteiger partial charge in [0, 0.05) is 18.3 Å². The smallest absolute Gasteiger partial charge is 0.221 e.